The standard InChI is InChI=1S/C18H40O4Si/c1-5-7-9-11-13-15-17-21-23(19-3,20-4)22-18-16-14-12-10-8-6-2/h5-18H2,1-4H3. The molecule has 5 heteroatoms. The maximum atomic E-state index is 5.85. The molecule has 0 N–H and O–H groups in total. The van der Waals surface area contributed by atoms with Crippen LogP contribution in [0.1, 0.15) is 90.9 Å². The van der Waals surface area contributed by atoms with Gasteiger partial charge in [-0.25, -0.2) is 0 Å². The van der Waals surface area contributed by atoms with Gasteiger partial charge in [0.25, 0.3) is 0 Å². The Balaban J connectivity index is 3.74. The van der Waals surface area contributed by atoms with Gasteiger partial charge >= 0.3 is 9.05 Å². The molecule has 0 aromatic heterocycles. The number of unbranched alkanes of at least 4 members (excludes halogenated alkanes) is 10. The molecule has 0 rings (SSSR count). The van der Waals surface area contributed by atoms with Crippen molar-refractivity contribution in [3.8, 4) is 0 Å². The van der Waals surface area contributed by atoms with E-state index in [1.165, 1.54) is 64.2 Å². The molecule has 23 heavy (non-hydrogen) atoms. The summed E-state index contributed by atoms with van der Waals surface area (Å²) < 4.78 is 22.6. The summed E-state index contributed by atoms with van der Waals surface area (Å²) in [5, 5.41) is 0. The number of hydrogen-bond acceptors (Lipinski definition) is 4. The van der Waals surface area contributed by atoms with E-state index in [2.05, 4.69) is 13.8 Å². The highest BCUT2D eigenvalue weighted by atomic mass is 28.4. The van der Waals surface area contributed by atoms with E-state index in [-0.39, 0.29) is 0 Å². The van der Waals surface area contributed by atoms with Crippen LogP contribution >= 0.6 is 0 Å². The Morgan fingerprint density at radius 1 is 0.522 bits per heavy atom. The maximum absolute atomic E-state index is 5.85. The molecule has 0 aliphatic rings. The fraction of sp³-hybridized carbons (Fsp3) is 1.00. The van der Waals surface area contributed by atoms with Gasteiger partial charge in [0.05, 0.1) is 0 Å². The Hall–Kier alpha value is 0.0569. The summed E-state index contributed by atoms with van der Waals surface area (Å²) in [4.78, 5) is 0. The van der Waals surface area contributed by atoms with E-state index >= 15 is 0 Å². The molecule has 0 aromatic carbocycles. The van der Waals surface area contributed by atoms with Crippen molar-refractivity contribution in [3.05, 3.63) is 0 Å². The Morgan fingerprint density at radius 2 is 0.870 bits per heavy atom. The lowest BCUT2D eigenvalue weighted by molar-refractivity contribution is -0.0105. The third-order valence-corrected chi connectivity index (χ3v) is 6.17. The molecule has 0 aliphatic carbocycles. The van der Waals surface area contributed by atoms with Gasteiger partial charge in [-0.05, 0) is 12.8 Å². The van der Waals surface area contributed by atoms with Crippen LogP contribution in [0.15, 0.2) is 0 Å². The van der Waals surface area contributed by atoms with E-state index in [9.17, 15) is 0 Å². The molecule has 140 valence electrons. The molecule has 0 amide bonds. The van der Waals surface area contributed by atoms with Crippen molar-refractivity contribution in [2.75, 3.05) is 27.4 Å². The molecule has 0 bridgehead atoms. The zero-order valence-electron chi connectivity index (χ0n) is 16.0. The van der Waals surface area contributed by atoms with Gasteiger partial charge in [0.15, 0.2) is 0 Å². The lowest BCUT2D eigenvalue weighted by atomic mass is 10.1. The Morgan fingerprint density at radius 3 is 1.22 bits per heavy atom. The zero-order chi connectivity index (χ0) is 17.2. The molecule has 0 atom stereocenters. The summed E-state index contributed by atoms with van der Waals surface area (Å²) in [6, 6.07) is 0. The predicted octanol–water partition coefficient (Wildman–Crippen LogP) is 5.47. The third-order valence-electron chi connectivity index (χ3n) is 4.05. The van der Waals surface area contributed by atoms with Crippen molar-refractivity contribution in [3.63, 3.8) is 0 Å². The second-order valence-corrected chi connectivity index (χ2v) is 8.53. The number of hydrogen-bond donors (Lipinski definition) is 0. The fourth-order valence-electron chi connectivity index (χ4n) is 2.52. The van der Waals surface area contributed by atoms with Gasteiger partial charge in [0, 0.05) is 27.4 Å². The first kappa shape index (κ1) is 23.1. The average molecular weight is 349 g/mol. The summed E-state index contributed by atoms with van der Waals surface area (Å²) in [6.07, 6.45) is 14.9. The first-order valence-electron chi connectivity index (χ1n) is 9.62. The van der Waals surface area contributed by atoms with Crippen LogP contribution in [-0.2, 0) is 17.7 Å². The zero-order valence-corrected chi connectivity index (χ0v) is 17.0. The van der Waals surface area contributed by atoms with Crippen LogP contribution in [0.2, 0.25) is 0 Å². The molecular weight excluding hydrogens is 308 g/mol. The summed E-state index contributed by atoms with van der Waals surface area (Å²) in [5.74, 6) is 0. The molecule has 0 fully saturated rings. The third kappa shape index (κ3) is 13.1. The quantitative estimate of drug-likeness (QED) is 0.243. The van der Waals surface area contributed by atoms with E-state index in [0.29, 0.717) is 13.2 Å². The highest BCUT2D eigenvalue weighted by molar-refractivity contribution is 6.53. The summed E-state index contributed by atoms with van der Waals surface area (Å²) in [6.45, 7) is 5.80. The Labute approximate surface area is 145 Å². The minimum atomic E-state index is -2.89. The molecule has 0 saturated heterocycles. The van der Waals surface area contributed by atoms with Gasteiger partial charge in [-0.2, -0.15) is 0 Å². The fourth-order valence-corrected chi connectivity index (χ4v) is 4.03. The molecule has 0 aliphatic heterocycles. The van der Waals surface area contributed by atoms with Gasteiger partial charge < -0.3 is 17.7 Å². The maximum Gasteiger partial charge on any atom is 0.679 e. The Bertz CT molecular complexity index is 215. The topological polar surface area (TPSA) is 36.9 Å². The monoisotopic (exact) mass is 348 g/mol. The number of rotatable bonds is 18. The van der Waals surface area contributed by atoms with Gasteiger partial charge in [-0.15, -0.1) is 0 Å². The van der Waals surface area contributed by atoms with E-state index in [1.807, 2.05) is 0 Å². The molecule has 0 heterocycles. The molecule has 0 aromatic rings. The predicted molar refractivity (Wildman–Crippen MR) is 98.4 cm³/mol. The minimum Gasteiger partial charge on any atom is -0.355 e. The van der Waals surface area contributed by atoms with Crippen LogP contribution in [-0.4, -0.2) is 36.5 Å². The van der Waals surface area contributed by atoms with Crippen LogP contribution in [0, 0.1) is 0 Å². The van der Waals surface area contributed by atoms with Crippen molar-refractivity contribution in [1.29, 1.82) is 0 Å². The van der Waals surface area contributed by atoms with E-state index in [0.717, 1.165) is 12.8 Å². The summed E-state index contributed by atoms with van der Waals surface area (Å²) >= 11 is 0. The molecule has 0 saturated carbocycles. The molecular formula is C18H40O4Si. The first-order valence-corrected chi connectivity index (χ1v) is 11.3. The van der Waals surface area contributed by atoms with E-state index in [1.54, 1.807) is 14.2 Å². The summed E-state index contributed by atoms with van der Waals surface area (Å²) in [5.41, 5.74) is 0. The van der Waals surface area contributed by atoms with Crippen LogP contribution in [0.3, 0.4) is 0 Å². The van der Waals surface area contributed by atoms with Gasteiger partial charge in [0.1, 0.15) is 0 Å². The lowest BCUT2D eigenvalue weighted by Gasteiger charge is -2.25. The second-order valence-electron chi connectivity index (χ2n) is 6.14. The van der Waals surface area contributed by atoms with Crippen molar-refractivity contribution >= 4 is 9.05 Å². The highest BCUT2D eigenvalue weighted by Crippen LogP contribution is 2.13. The van der Waals surface area contributed by atoms with E-state index < -0.39 is 9.05 Å². The summed E-state index contributed by atoms with van der Waals surface area (Å²) in [7, 11) is 0.352. The first-order chi connectivity index (χ1) is 11.2. The average Bonchev–Trinajstić information content (AvgIpc) is 2.58. The van der Waals surface area contributed by atoms with Crippen molar-refractivity contribution in [2.24, 2.45) is 0 Å². The lowest BCUT2D eigenvalue weighted by Crippen LogP contribution is -2.47. The minimum absolute atomic E-state index is 0.663. The van der Waals surface area contributed by atoms with Crippen molar-refractivity contribution < 1.29 is 17.7 Å². The van der Waals surface area contributed by atoms with Gasteiger partial charge in [0.2, 0.25) is 0 Å². The van der Waals surface area contributed by atoms with E-state index in [4.69, 9.17) is 17.7 Å². The highest BCUT2D eigenvalue weighted by Gasteiger charge is 2.43. The molecule has 0 spiro atoms. The second kappa shape index (κ2) is 16.9. The van der Waals surface area contributed by atoms with Crippen LogP contribution < -0.4 is 0 Å². The van der Waals surface area contributed by atoms with Crippen LogP contribution in [0.25, 0.3) is 0 Å². The smallest absolute Gasteiger partial charge is 0.355 e. The normalized spacial score (nSPS) is 12.0. The molecule has 0 radical (unpaired) electrons. The Kier molecular flexibility index (Phi) is 16.9. The molecule has 0 unspecified atom stereocenters. The largest absolute Gasteiger partial charge is 0.679 e. The van der Waals surface area contributed by atoms with Crippen LogP contribution in [0.5, 0.6) is 0 Å². The SMILES string of the molecule is CCCCCCCCO[Si](OC)(OC)OCCCCCCCC. The van der Waals surface area contributed by atoms with Crippen molar-refractivity contribution in [2.45, 2.75) is 90.9 Å². The molecule has 4 nitrogen and oxygen atoms in total. The van der Waals surface area contributed by atoms with Crippen LogP contribution in [0.4, 0.5) is 0 Å². The van der Waals surface area contributed by atoms with Crippen molar-refractivity contribution in [1.82, 2.24) is 0 Å². The van der Waals surface area contributed by atoms with Gasteiger partial charge in [-0.1, -0.05) is 78.1 Å². The van der Waals surface area contributed by atoms with Gasteiger partial charge in [-0.3, -0.25) is 0 Å².